The molecule has 1 fully saturated rings. The van der Waals surface area contributed by atoms with Crippen LogP contribution in [0.1, 0.15) is 25.7 Å². The molecule has 1 aromatic carbocycles. The SMILES string of the molecule is O=C(CSc1ccccc1)NCC1CCC(Cl)CC1. The molecule has 2 nitrogen and oxygen atoms in total. The van der Waals surface area contributed by atoms with Crippen LogP contribution in [0.5, 0.6) is 0 Å². The molecule has 0 bridgehead atoms. The molecule has 0 saturated heterocycles. The lowest BCUT2D eigenvalue weighted by Gasteiger charge is -2.24. The van der Waals surface area contributed by atoms with Crippen LogP contribution in [0.4, 0.5) is 0 Å². The summed E-state index contributed by atoms with van der Waals surface area (Å²) in [6.07, 6.45) is 4.45. The fraction of sp³-hybridized carbons (Fsp3) is 0.533. The highest BCUT2D eigenvalue weighted by molar-refractivity contribution is 8.00. The van der Waals surface area contributed by atoms with Crippen LogP contribution in [0.3, 0.4) is 0 Å². The maximum atomic E-state index is 11.8. The van der Waals surface area contributed by atoms with E-state index in [1.807, 2.05) is 30.3 Å². The number of nitrogens with one attached hydrogen (secondary N) is 1. The van der Waals surface area contributed by atoms with Gasteiger partial charge in [0.2, 0.25) is 5.91 Å². The summed E-state index contributed by atoms with van der Waals surface area (Å²) in [5.41, 5.74) is 0. The number of rotatable bonds is 5. The molecule has 0 aromatic heterocycles. The molecular formula is C15H20ClNOS. The molecule has 0 heterocycles. The molecule has 1 aromatic rings. The van der Waals surface area contributed by atoms with Crippen LogP contribution >= 0.6 is 23.4 Å². The van der Waals surface area contributed by atoms with Crippen molar-refractivity contribution in [3.63, 3.8) is 0 Å². The first-order chi connectivity index (χ1) is 9.24. The monoisotopic (exact) mass is 297 g/mol. The Bertz CT molecular complexity index is 390. The lowest BCUT2D eigenvalue weighted by molar-refractivity contribution is -0.118. The van der Waals surface area contributed by atoms with Crippen molar-refractivity contribution in [2.24, 2.45) is 5.92 Å². The Morgan fingerprint density at radius 1 is 1.21 bits per heavy atom. The number of halogens is 1. The molecule has 0 radical (unpaired) electrons. The molecule has 1 N–H and O–H groups in total. The number of thioether (sulfide) groups is 1. The van der Waals surface area contributed by atoms with Gasteiger partial charge in [-0.2, -0.15) is 0 Å². The van der Waals surface area contributed by atoms with Crippen LogP contribution in [0, 0.1) is 5.92 Å². The Morgan fingerprint density at radius 3 is 2.58 bits per heavy atom. The summed E-state index contributed by atoms with van der Waals surface area (Å²) in [6, 6.07) is 10.0. The van der Waals surface area contributed by atoms with Gasteiger partial charge in [0.1, 0.15) is 0 Å². The van der Waals surface area contributed by atoms with E-state index in [9.17, 15) is 4.79 Å². The fourth-order valence-corrected chi connectivity index (χ4v) is 3.30. The smallest absolute Gasteiger partial charge is 0.230 e. The molecule has 1 amide bonds. The number of alkyl halides is 1. The summed E-state index contributed by atoms with van der Waals surface area (Å²) in [5, 5.41) is 3.38. The summed E-state index contributed by atoms with van der Waals surface area (Å²) in [6.45, 7) is 0.803. The van der Waals surface area contributed by atoms with E-state index in [-0.39, 0.29) is 5.91 Å². The van der Waals surface area contributed by atoms with Gasteiger partial charge in [0, 0.05) is 16.8 Å². The van der Waals surface area contributed by atoms with E-state index in [0.29, 0.717) is 17.0 Å². The van der Waals surface area contributed by atoms with Crippen molar-refractivity contribution in [2.75, 3.05) is 12.3 Å². The Labute approximate surface area is 124 Å². The van der Waals surface area contributed by atoms with Crippen LogP contribution in [0.2, 0.25) is 0 Å². The average Bonchev–Trinajstić information content (AvgIpc) is 2.45. The van der Waals surface area contributed by atoms with Crippen molar-refractivity contribution in [1.82, 2.24) is 5.32 Å². The second kappa shape index (κ2) is 7.81. The topological polar surface area (TPSA) is 29.1 Å². The number of amides is 1. The summed E-state index contributed by atoms with van der Waals surface area (Å²) in [7, 11) is 0. The van der Waals surface area contributed by atoms with Crippen LogP contribution in [-0.4, -0.2) is 23.6 Å². The van der Waals surface area contributed by atoms with Crippen molar-refractivity contribution in [3.8, 4) is 0 Å². The van der Waals surface area contributed by atoms with Gasteiger partial charge in [0.25, 0.3) is 0 Å². The van der Waals surface area contributed by atoms with Crippen LogP contribution < -0.4 is 5.32 Å². The highest BCUT2D eigenvalue weighted by Crippen LogP contribution is 2.27. The number of benzene rings is 1. The molecule has 0 atom stereocenters. The van der Waals surface area contributed by atoms with E-state index in [0.717, 1.165) is 37.1 Å². The molecule has 104 valence electrons. The standard InChI is InChI=1S/C15H20ClNOS/c16-13-8-6-12(7-9-13)10-17-15(18)11-19-14-4-2-1-3-5-14/h1-5,12-13H,6-11H2,(H,17,18). The Balaban J connectivity index is 1.62. The van der Waals surface area contributed by atoms with Crippen molar-refractivity contribution in [3.05, 3.63) is 30.3 Å². The van der Waals surface area contributed by atoms with Crippen LogP contribution in [0.25, 0.3) is 0 Å². The zero-order valence-electron chi connectivity index (χ0n) is 11.0. The van der Waals surface area contributed by atoms with Crippen molar-refractivity contribution < 1.29 is 4.79 Å². The van der Waals surface area contributed by atoms with Gasteiger partial charge in [-0.05, 0) is 43.7 Å². The predicted octanol–water partition coefficient (Wildman–Crippen LogP) is 3.69. The molecule has 0 unspecified atom stereocenters. The zero-order valence-corrected chi connectivity index (χ0v) is 12.6. The summed E-state index contributed by atoms with van der Waals surface area (Å²) >= 11 is 7.65. The molecule has 0 spiro atoms. The largest absolute Gasteiger partial charge is 0.355 e. The van der Waals surface area contributed by atoms with Crippen LogP contribution in [0.15, 0.2) is 35.2 Å². The molecule has 1 aliphatic rings. The summed E-state index contributed by atoms with van der Waals surface area (Å²) in [5.74, 6) is 1.23. The van der Waals surface area contributed by atoms with Crippen LogP contribution in [-0.2, 0) is 4.79 Å². The van der Waals surface area contributed by atoms with E-state index in [1.165, 1.54) is 0 Å². The van der Waals surface area contributed by atoms with E-state index in [1.54, 1.807) is 11.8 Å². The van der Waals surface area contributed by atoms with Crippen molar-refractivity contribution >= 4 is 29.3 Å². The number of carbonyl (C=O) groups is 1. The summed E-state index contributed by atoms with van der Waals surface area (Å²) in [4.78, 5) is 12.9. The van der Waals surface area contributed by atoms with Gasteiger partial charge in [0.05, 0.1) is 5.75 Å². The number of hydrogen-bond acceptors (Lipinski definition) is 2. The minimum atomic E-state index is 0.127. The van der Waals surface area contributed by atoms with Gasteiger partial charge < -0.3 is 5.32 Å². The second-order valence-corrected chi connectivity index (χ2v) is 6.69. The molecule has 4 heteroatoms. The van der Waals surface area contributed by atoms with Crippen molar-refractivity contribution in [2.45, 2.75) is 36.0 Å². The minimum Gasteiger partial charge on any atom is -0.355 e. The van der Waals surface area contributed by atoms with Gasteiger partial charge in [-0.1, -0.05) is 18.2 Å². The second-order valence-electron chi connectivity index (χ2n) is 5.02. The Morgan fingerprint density at radius 2 is 1.89 bits per heavy atom. The Hall–Kier alpha value is -0.670. The van der Waals surface area contributed by atoms with E-state index in [2.05, 4.69) is 5.32 Å². The maximum Gasteiger partial charge on any atom is 0.230 e. The molecule has 1 saturated carbocycles. The lowest BCUT2D eigenvalue weighted by Crippen LogP contribution is -2.32. The van der Waals surface area contributed by atoms with Gasteiger partial charge in [-0.3, -0.25) is 4.79 Å². The third-order valence-electron chi connectivity index (χ3n) is 3.48. The van der Waals surface area contributed by atoms with Crippen molar-refractivity contribution in [1.29, 1.82) is 0 Å². The van der Waals surface area contributed by atoms with Gasteiger partial charge in [0.15, 0.2) is 0 Å². The first kappa shape index (κ1) is 14.7. The third-order valence-corrected chi connectivity index (χ3v) is 4.93. The highest BCUT2D eigenvalue weighted by Gasteiger charge is 2.19. The zero-order chi connectivity index (χ0) is 13.5. The Kier molecular flexibility index (Phi) is 6.05. The fourth-order valence-electron chi connectivity index (χ4n) is 2.30. The number of carbonyl (C=O) groups excluding carboxylic acids is 1. The normalized spacial score (nSPS) is 23.0. The average molecular weight is 298 g/mol. The molecular weight excluding hydrogens is 278 g/mol. The van der Waals surface area contributed by atoms with E-state index in [4.69, 9.17) is 11.6 Å². The first-order valence-corrected chi connectivity index (χ1v) is 8.25. The van der Waals surface area contributed by atoms with E-state index >= 15 is 0 Å². The minimum absolute atomic E-state index is 0.127. The molecule has 19 heavy (non-hydrogen) atoms. The molecule has 1 aliphatic carbocycles. The predicted molar refractivity (Wildman–Crippen MR) is 81.8 cm³/mol. The highest BCUT2D eigenvalue weighted by atomic mass is 35.5. The summed E-state index contributed by atoms with van der Waals surface area (Å²) < 4.78 is 0. The maximum absolute atomic E-state index is 11.8. The molecule has 2 rings (SSSR count). The van der Waals surface area contributed by atoms with E-state index < -0.39 is 0 Å². The first-order valence-electron chi connectivity index (χ1n) is 6.82. The number of hydrogen-bond donors (Lipinski definition) is 1. The van der Waals surface area contributed by atoms with Gasteiger partial charge >= 0.3 is 0 Å². The quantitative estimate of drug-likeness (QED) is 0.663. The lowest BCUT2D eigenvalue weighted by atomic mass is 9.89. The third kappa shape index (κ3) is 5.45. The van der Waals surface area contributed by atoms with Gasteiger partial charge in [-0.15, -0.1) is 23.4 Å². The van der Waals surface area contributed by atoms with Gasteiger partial charge in [-0.25, -0.2) is 0 Å². The molecule has 0 aliphatic heterocycles.